The summed E-state index contributed by atoms with van der Waals surface area (Å²) in [6, 6.07) is 67.4. The molecule has 0 fully saturated rings. The standard InChI is InChI=1S/2C37H32O4S.C19H28N4O7S3.O3S/c2*1-23-9-7-10-24(2)32(23)19-27-15-17-29-34(21-27)41-35-22-28(20-33-25(3)11-8-12-26(33)4)16-18-30(35)37(29)31-13-5-6-14-36(31)42(38,39)40;1-31(24,25)12-5-3-10-17-21-18(11-4-6-13-32(2,26)27)23-19(22-17)20-15-8-7-9-16(14-15)33(28,29)30;1-4(2)3/h2*5-19,21-22H,20H2,1-4H3,(H,38,39,40);7-9,14H,3-6,10-13H2,1-2H3,(H,28,29,30)(H,20,21,22,23);/p-2/b2*27-19+;;. The first-order chi connectivity index (χ1) is 57.1. The topological polar surface area (TPSA) is 357 Å². The van der Waals surface area contributed by atoms with E-state index in [9.17, 15) is 55.7 Å². The van der Waals surface area contributed by atoms with Gasteiger partial charge < -0.3 is 23.9 Å². The Morgan fingerprint density at radius 1 is 0.397 bits per heavy atom. The molecule has 0 aliphatic carbocycles. The lowest BCUT2D eigenvalue weighted by molar-refractivity contribution is 0.460. The first-order valence-electron chi connectivity index (χ1n) is 38.5. The Labute approximate surface area is 708 Å². The maximum absolute atomic E-state index is 12.4. The van der Waals surface area contributed by atoms with Crippen molar-refractivity contribution in [3.05, 3.63) is 351 Å². The van der Waals surface area contributed by atoms with E-state index in [1.54, 1.807) is 42.5 Å². The molecule has 628 valence electrons. The van der Waals surface area contributed by atoms with Crippen LogP contribution in [0.2, 0.25) is 0 Å². The van der Waals surface area contributed by atoms with Crippen molar-refractivity contribution in [3.63, 3.8) is 0 Å². The molecule has 0 bridgehead atoms. The predicted molar refractivity (Wildman–Crippen MR) is 467 cm³/mol. The van der Waals surface area contributed by atoms with Crippen LogP contribution in [-0.2, 0) is 86.3 Å². The molecule has 0 radical (unpaired) electrons. The predicted octanol–water partition coefficient (Wildman–Crippen LogP) is 13.8. The zero-order valence-corrected chi connectivity index (χ0v) is 73.1. The van der Waals surface area contributed by atoms with Crippen LogP contribution in [0.3, 0.4) is 0 Å². The maximum atomic E-state index is 12.4. The fourth-order valence-corrected chi connectivity index (χ4v) is 18.0. The fraction of sp³-hybridized carbons (Fsp3) is 0.215. The van der Waals surface area contributed by atoms with Gasteiger partial charge in [0.25, 0.3) is 10.1 Å². The van der Waals surface area contributed by atoms with Crippen LogP contribution in [-0.4, -0.2) is 107 Å². The third-order valence-electron chi connectivity index (χ3n) is 20.7. The molecule has 22 nitrogen and oxygen atoms in total. The second kappa shape index (κ2) is 38.5. The number of nitrogens with one attached hydrogen (secondary N) is 1. The number of benzene rings is 11. The van der Waals surface area contributed by atoms with E-state index >= 15 is 0 Å². The highest BCUT2D eigenvalue weighted by Gasteiger charge is 2.27. The normalized spacial score (nSPS) is 12.6. The molecular formula is C93H90N4O18S6-2. The summed E-state index contributed by atoms with van der Waals surface area (Å²) >= 11 is 0. The number of sulfone groups is 2. The van der Waals surface area contributed by atoms with Gasteiger partial charge in [-0.05, 0) is 261 Å². The number of nitrogens with zero attached hydrogens (tertiary/aromatic N) is 3. The van der Waals surface area contributed by atoms with Crippen molar-refractivity contribution in [2.75, 3.05) is 29.3 Å². The molecule has 0 spiro atoms. The van der Waals surface area contributed by atoms with Gasteiger partial charge in [0.15, 0.2) is 0 Å². The lowest BCUT2D eigenvalue weighted by atomic mass is 9.90. The number of aryl methyl sites for hydroxylation is 10. The summed E-state index contributed by atoms with van der Waals surface area (Å²) in [5.41, 5.74) is 20.5. The van der Waals surface area contributed by atoms with Gasteiger partial charge in [-0.2, -0.15) is 18.4 Å². The van der Waals surface area contributed by atoms with Gasteiger partial charge in [0, 0.05) is 86.4 Å². The van der Waals surface area contributed by atoms with Crippen LogP contribution in [0.5, 0.6) is 23.0 Å². The summed E-state index contributed by atoms with van der Waals surface area (Å²) in [6.07, 6.45) is 10.9. The van der Waals surface area contributed by atoms with E-state index in [4.69, 9.17) is 22.1 Å². The quantitative estimate of drug-likeness (QED) is 0.0444. The average molecular weight is 1740 g/mol. The van der Waals surface area contributed by atoms with Gasteiger partial charge in [0.1, 0.15) is 74.6 Å². The van der Waals surface area contributed by atoms with E-state index in [-0.39, 0.29) is 32.1 Å². The van der Waals surface area contributed by atoms with Crippen molar-refractivity contribution in [1.29, 1.82) is 0 Å². The zero-order valence-electron chi connectivity index (χ0n) is 68.2. The summed E-state index contributed by atoms with van der Waals surface area (Å²) in [5, 5.41) is 6.30. The molecule has 28 heteroatoms. The Bertz CT molecular complexity index is 6600. The molecular weight excluding hydrogens is 1650 g/mol. The van der Waals surface area contributed by atoms with E-state index in [0.717, 1.165) is 67.1 Å². The molecule has 2 aliphatic heterocycles. The van der Waals surface area contributed by atoms with E-state index in [1.807, 2.05) is 72.8 Å². The van der Waals surface area contributed by atoms with Crippen molar-refractivity contribution in [3.8, 4) is 23.0 Å². The van der Waals surface area contributed by atoms with Crippen LogP contribution in [0.4, 0.5) is 11.6 Å². The van der Waals surface area contributed by atoms with E-state index in [2.05, 4.69) is 161 Å². The molecule has 0 atom stereocenters. The molecule has 121 heavy (non-hydrogen) atoms. The van der Waals surface area contributed by atoms with Gasteiger partial charge in [-0.3, -0.25) is 4.55 Å². The second-order valence-electron chi connectivity index (χ2n) is 30.0. The Morgan fingerprint density at radius 3 is 1.12 bits per heavy atom. The highest BCUT2D eigenvalue weighted by Crippen LogP contribution is 2.42. The first-order valence-corrected chi connectivity index (χ1v) is 47.9. The van der Waals surface area contributed by atoms with E-state index in [1.165, 1.54) is 98.5 Å². The maximum Gasteiger partial charge on any atom is 0.425 e. The Morgan fingerprint density at radius 2 is 0.760 bits per heavy atom. The van der Waals surface area contributed by atoms with Gasteiger partial charge in [-0.1, -0.05) is 152 Å². The number of aromatic nitrogens is 3. The molecule has 11 aromatic carbocycles. The number of hydrogen-bond donors (Lipinski definition) is 2. The average Bonchev–Trinajstić information content (AvgIpc) is 0.746. The number of anilines is 2. The molecule has 1 aromatic heterocycles. The minimum Gasteiger partial charge on any atom is -0.744 e. The Kier molecular flexibility index (Phi) is 28.8. The summed E-state index contributed by atoms with van der Waals surface area (Å²) < 4.78 is 190. The van der Waals surface area contributed by atoms with Gasteiger partial charge in [-0.15, -0.1) is 12.6 Å². The third-order valence-corrected chi connectivity index (χ3v) is 25.4. The van der Waals surface area contributed by atoms with Gasteiger partial charge in [0.05, 0.1) is 14.7 Å². The number of ether oxygens (including phenoxy) is 2. The van der Waals surface area contributed by atoms with Crippen LogP contribution >= 0.6 is 0 Å². The lowest BCUT2D eigenvalue weighted by Crippen LogP contribution is -2.21. The second-order valence-corrected chi connectivity index (χ2v) is 39.1. The minimum atomic E-state index is -4.72. The highest BCUT2D eigenvalue weighted by molar-refractivity contribution is 7.91. The largest absolute Gasteiger partial charge is 0.744 e. The highest BCUT2D eigenvalue weighted by atomic mass is 32.2. The van der Waals surface area contributed by atoms with Gasteiger partial charge >= 0.3 is 10.6 Å². The zero-order chi connectivity index (χ0) is 87.5. The molecule has 0 saturated carbocycles. The monoisotopic (exact) mass is 1740 g/mol. The number of fused-ring (bicyclic) bond motifs is 4. The fourth-order valence-electron chi connectivity index (χ4n) is 14.7. The Balaban J connectivity index is 0.000000175. The van der Waals surface area contributed by atoms with Crippen molar-refractivity contribution in [1.82, 2.24) is 15.0 Å². The van der Waals surface area contributed by atoms with Crippen molar-refractivity contribution in [2.24, 2.45) is 0 Å². The minimum absolute atomic E-state index is 0.0595. The molecule has 0 amide bonds. The van der Waals surface area contributed by atoms with Crippen molar-refractivity contribution < 1.29 is 77.8 Å². The van der Waals surface area contributed by atoms with Crippen LogP contribution in [0.15, 0.2) is 233 Å². The summed E-state index contributed by atoms with van der Waals surface area (Å²) in [4.78, 5) is 12.3. The summed E-state index contributed by atoms with van der Waals surface area (Å²) in [7, 11) is -23.1. The number of hydrogen-bond acceptors (Lipinski definition) is 21. The third kappa shape index (κ3) is 24.0. The van der Waals surface area contributed by atoms with Crippen LogP contribution in [0.1, 0.15) is 137 Å². The van der Waals surface area contributed by atoms with Gasteiger partial charge in [-0.25, -0.2) is 38.7 Å². The SMILES string of the molecule is CS(=O)(=O)CCCCc1nc(CCCCS(C)(=O)=O)nc(Nc2cccc(S(=O)(=O)O)c2)n1.Cc1cccc(C)c1/C=c1\ccc2c(c1)Oc1cc(Cc3c(C)cccc3C)ccc1C=2c1ccccc1S(=O)(=O)[O-].Cc1cccc(C)c1/C=c1\ccc2c(c1)Oc1cc(Cc3c(C)cccc3C)ccc1C=2c1ccccc1S(=O)(=O)[O-].O=S(=O)=O. The molecule has 2 N–H and O–H groups in total. The molecule has 0 saturated heterocycles. The number of rotatable bonds is 23. The molecule has 3 heterocycles. The van der Waals surface area contributed by atoms with Crippen LogP contribution in [0.25, 0.3) is 23.3 Å². The van der Waals surface area contributed by atoms with Crippen LogP contribution in [0, 0.1) is 55.4 Å². The summed E-state index contributed by atoms with van der Waals surface area (Å²) in [6.45, 7) is 16.8. The molecule has 0 unspecified atom stereocenters. The van der Waals surface area contributed by atoms with Crippen molar-refractivity contribution >= 4 is 95.6 Å². The lowest BCUT2D eigenvalue weighted by Gasteiger charge is -2.24. The molecule has 14 rings (SSSR count). The van der Waals surface area contributed by atoms with E-state index < -0.39 is 60.6 Å². The molecule has 2 aliphatic rings. The smallest absolute Gasteiger partial charge is 0.425 e. The summed E-state index contributed by atoms with van der Waals surface area (Å²) in [5.74, 6) is 3.63. The Hall–Kier alpha value is -11.4. The molecule has 12 aromatic rings. The number of unbranched alkanes of at least 4 members (excludes halogenated alkanes) is 2. The van der Waals surface area contributed by atoms with E-state index in [0.29, 0.717) is 101 Å². The van der Waals surface area contributed by atoms with Gasteiger partial charge in [0.2, 0.25) is 5.95 Å². The van der Waals surface area contributed by atoms with Crippen molar-refractivity contribution in [2.45, 2.75) is 121 Å². The first kappa shape index (κ1) is 90.3. The van der Waals surface area contributed by atoms with Crippen LogP contribution < -0.4 is 35.7 Å².